The van der Waals surface area contributed by atoms with Gasteiger partial charge in [0.05, 0.1) is 12.2 Å². The van der Waals surface area contributed by atoms with Crippen molar-refractivity contribution in [2.45, 2.75) is 12.5 Å². The van der Waals surface area contributed by atoms with E-state index in [9.17, 15) is 4.39 Å². The smallest absolute Gasteiger partial charge is 0.132 e. The zero-order valence-corrected chi connectivity index (χ0v) is 12.1. The summed E-state index contributed by atoms with van der Waals surface area (Å²) in [5.74, 6) is 0.801. The Kier molecular flexibility index (Phi) is 3.00. The molecule has 1 aromatic carbocycles. The molecule has 1 N–H and O–H groups in total. The van der Waals surface area contributed by atoms with E-state index in [1.807, 2.05) is 10.9 Å². The molecule has 3 nitrogen and oxygen atoms in total. The van der Waals surface area contributed by atoms with E-state index in [4.69, 9.17) is 0 Å². The van der Waals surface area contributed by atoms with Crippen molar-refractivity contribution in [3.8, 4) is 11.1 Å². The van der Waals surface area contributed by atoms with Crippen LogP contribution in [0.4, 0.5) is 10.2 Å². The summed E-state index contributed by atoms with van der Waals surface area (Å²) < 4.78 is 15.1. The molecular weight excluding hydrogens is 285 g/mol. The van der Waals surface area contributed by atoms with Gasteiger partial charge in [0.25, 0.3) is 0 Å². The Bertz CT molecular complexity index is 746. The second kappa shape index (κ2) is 5.00. The molecule has 106 valence electrons. The molecule has 21 heavy (non-hydrogen) atoms. The number of nitrogens with zero attached hydrogens (tertiary/aromatic N) is 2. The first-order valence-electron chi connectivity index (χ1n) is 6.93. The van der Waals surface area contributed by atoms with Crippen LogP contribution in [0.3, 0.4) is 0 Å². The first-order valence-corrected chi connectivity index (χ1v) is 7.81. The lowest BCUT2D eigenvalue weighted by atomic mass is 10.1. The molecule has 0 saturated carbocycles. The molecular formula is C16H14FN3S. The van der Waals surface area contributed by atoms with E-state index < -0.39 is 0 Å². The standard InChI is InChI=1S/C16H14FN3S/c17-12-5-3-11(4-6-12)13-10-19-20-14(7-8-18-16(13)20)15-2-1-9-21-15/h1-6,9-10,14,18H,7-8H2. The summed E-state index contributed by atoms with van der Waals surface area (Å²) in [6, 6.07) is 11.1. The van der Waals surface area contributed by atoms with Crippen molar-refractivity contribution >= 4 is 17.2 Å². The Morgan fingerprint density at radius 2 is 2.10 bits per heavy atom. The maximum atomic E-state index is 13.1. The third kappa shape index (κ3) is 2.14. The normalized spacial score (nSPS) is 17.3. The van der Waals surface area contributed by atoms with Crippen molar-refractivity contribution in [3.63, 3.8) is 0 Å². The van der Waals surface area contributed by atoms with Crippen molar-refractivity contribution in [2.75, 3.05) is 11.9 Å². The Labute approximate surface area is 126 Å². The second-order valence-corrected chi connectivity index (χ2v) is 6.08. The van der Waals surface area contributed by atoms with Crippen LogP contribution in [-0.4, -0.2) is 16.3 Å². The minimum absolute atomic E-state index is 0.218. The van der Waals surface area contributed by atoms with Crippen LogP contribution >= 0.6 is 11.3 Å². The first-order chi connectivity index (χ1) is 10.3. The van der Waals surface area contributed by atoms with Gasteiger partial charge in [-0.25, -0.2) is 9.07 Å². The molecule has 3 aromatic rings. The maximum Gasteiger partial charge on any atom is 0.132 e. The lowest BCUT2D eigenvalue weighted by Crippen LogP contribution is -2.23. The SMILES string of the molecule is Fc1ccc(-c2cnn3c2NCCC3c2cccs2)cc1. The number of aromatic nitrogens is 2. The molecule has 0 aliphatic carbocycles. The number of halogens is 1. The van der Waals surface area contributed by atoms with Gasteiger partial charge in [-0.2, -0.15) is 5.10 Å². The predicted molar refractivity (Wildman–Crippen MR) is 83.2 cm³/mol. The molecule has 1 aliphatic heterocycles. The highest BCUT2D eigenvalue weighted by atomic mass is 32.1. The minimum Gasteiger partial charge on any atom is -0.370 e. The quantitative estimate of drug-likeness (QED) is 0.770. The number of thiophene rings is 1. The van der Waals surface area contributed by atoms with Crippen LogP contribution in [-0.2, 0) is 0 Å². The first kappa shape index (κ1) is 12.6. The molecule has 0 fully saturated rings. The number of fused-ring (bicyclic) bond motifs is 1. The Balaban J connectivity index is 1.78. The fraction of sp³-hybridized carbons (Fsp3) is 0.188. The number of nitrogens with one attached hydrogen (secondary N) is 1. The fourth-order valence-electron chi connectivity index (χ4n) is 2.81. The molecule has 0 spiro atoms. The predicted octanol–water partition coefficient (Wildman–Crippen LogP) is 4.16. The number of benzene rings is 1. The highest BCUT2D eigenvalue weighted by Gasteiger charge is 2.25. The van der Waals surface area contributed by atoms with Gasteiger partial charge >= 0.3 is 0 Å². The minimum atomic E-state index is -0.218. The summed E-state index contributed by atoms with van der Waals surface area (Å²) >= 11 is 1.76. The van der Waals surface area contributed by atoms with Crippen molar-refractivity contribution in [1.82, 2.24) is 9.78 Å². The van der Waals surface area contributed by atoms with Gasteiger partial charge < -0.3 is 5.32 Å². The third-order valence-electron chi connectivity index (χ3n) is 3.83. The van der Waals surface area contributed by atoms with Crippen LogP contribution in [0.25, 0.3) is 11.1 Å². The van der Waals surface area contributed by atoms with E-state index in [1.54, 1.807) is 23.5 Å². The maximum absolute atomic E-state index is 13.1. The van der Waals surface area contributed by atoms with Gasteiger partial charge in [0, 0.05) is 17.0 Å². The average Bonchev–Trinajstić information content (AvgIpc) is 3.17. The number of rotatable bonds is 2. The topological polar surface area (TPSA) is 29.9 Å². The molecule has 4 rings (SSSR count). The van der Waals surface area contributed by atoms with E-state index >= 15 is 0 Å². The summed E-state index contributed by atoms with van der Waals surface area (Å²) in [6.45, 7) is 0.919. The Morgan fingerprint density at radius 3 is 2.86 bits per heavy atom. The average molecular weight is 299 g/mol. The Hall–Kier alpha value is -2.14. The largest absolute Gasteiger partial charge is 0.370 e. The van der Waals surface area contributed by atoms with Gasteiger partial charge in [-0.1, -0.05) is 18.2 Å². The van der Waals surface area contributed by atoms with E-state index in [0.717, 1.165) is 29.9 Å². The van der Waals surface area contributed by atoms with E-state index in [2.05, 4.69) is 27.9 Å². The monoisotopic (exact) mass is 299 g/mol. The van der Waals surface area contributed by atoms with Crippen LogP contribution in [0.2, 0.25) is 0 Å². The molecule has 2 aromatic heterocycles. The van der Waals surface area contributed by atoms with E-state index in [0.29, 0.717) is 0 Å². The van der Waals surface area contributed by atoms with Gasteiger partial charge in [-0.05, 0) is 35.6 Å². The lowest BCUT2D eigenvalue weighted by Gasteiger charge is -2.25. The molecule has 0 bridgehead atoms. The molecule has 0 radical (unpaired) electrons. The van der Waals surface area contributed by atoms with Crippen molar-refractivity contribution < 1.29 is 4.39 Å². The summed E-state index contributed by atoms with van der Waals surface area (Å²) in [7, 11) is 0. The van der Waals surface area contributed by atoms with Crippen LogP contribution in [0.1, 0.15) is 17.3 Å². The zero-order valence-electron chi connectivity index (χ0n) is 11.3. The third-order valence-corrected chi connectivity index (χ3v) is 4.80. The van der Waals surface area contributed by atoms with Gasteiger partial charge in [0.15, 0.2) is 0 Å². The number of hydrogen-bond donors (Lipinski definition) is 1. The highest BCUT2D eigenvalue weighted by molar-refractivity contribution is 7.10. The zero-order chi connectivity index (χ0) is 14.2. The van der Waals surface area contributed by atoms with Gasteiger partial charge in [0.1, 0.15) is 11.6 Å². The van der Waals surface area contributed by atoms with Crippen molar-refractivity contribution in [1.29, 1.82) is 0 Å². The number of hydrogen-bond acceptors (Lipinski definition) is 3. The van der Waals surface area contributed by atoms with Crippen LogP contribution in [0, 0.1) is 5.82 Å². The summed E-state index contributed by atoms with van der Waals surface area (Å²) in [5, 5.41) is 10.1. The molecule has 0 saturated heterocycles. The fourth-order valence-corrected chi connectivity index (χ4v) is 3.65. The highest BCUT2D eigenvalue weighted by Crippen LogP contribution is 2.37. The van der Waals surface area contributed by atoms with Crippen molar-refractivity contribution in [3.05, 3.63) is 58.7 Å². The molecule has 1 atom stereocenters. The van der Waals surface area contributed by atoms with E-state index in [-0.39, 0.29) is 11.9 Å². The van der Waals surface area contributed by atoms with Gasteiger partial charge in [-0.15, -0.1) is 11.3 Å². The summed E-state index contributed by atoms with van der Waals surface area (Å²) in [4.78, 5) is 1.33. The lowest BCUT2D eigenvalue weighted by molar-refractivity contribution is 0.489. The summed E-state index contributed by atoms with van der Waals surface area (Å²) in [5.41, 5.74) is 2.01. The molecule has 1 unspecified atom stereocenters. The van der Waals surface area contributed by atoms with E-state index in [1.165, 1.54) is 17.0 Å². The molecule has 0 amide bonds. The van der Waals surface area contributed by atoms with Gasteiger partial charge in [-0.3, -0.25) is 0 Å². The number of anilines is 1. The van der Waals surface area contributed by atoms with Gasteiger partial charge in [0.2, 0.25) is 0 Å². The van der Waals surface area contributed by atoms with Crippen LogP contribution in [0.5, 0.6) is 0 Å². The van der Waals surface area contributed by atoms with Crippen molar-refractivity contribution in [2.24, 2.45) is 0 Å². The summed E-state index contributed by atoms with van der Waals surface area (Å²) in [6.07, 6.45) is 2.89. The molecule has 5 heteroatoms. The molecule has 1 aliphatic rings. The Morgan fingerprint density at radius 1 is 1.24 bits per heavy atom. The molecule has 3 heterocycles. The second-order valence-electron chi connectivity index (χ2n) is 5.10. The van der Waals surface area contributed by atoms with Crippen LogP contribution < -0.4 is 5.32 Å². The van der Waals surface area contributed by atoms with Crippen LogP contribution in [0.15, 0.2) is 48.0 Å².